The van der Waals surface area contributed by atoms with Gasteiger partial charge in [0.25, 0.3) is 0 Å². The van der Waals surface area contributed by atoms with Crippen LogP contribution in [0.2, 0.25) is 0 Å². The molecule has 2 fully saturated rings. The van der Waals surface area contributed by atoms with Gasteiger partial charge in [-0.25, -0.2) is 0 Å². The number of hydrogen-bond acceptors (Lipinski definition) is 4. The van der Waals surface area contributed by atoms with Crippen molar-refractivity contribution < 1.29 is 4.74 Å². The molecule has 0 saturated carbocycles. The highest BCUT2D eigenvalue weighted by Gasteiger charge is 2.38. The molecular weight excluding hydrogens is 238 g/mol. The lowest BCUT2D eigenvalue weighted by atomic mass is 9.86. The predicted octanol–water partition coefficient (Wildman–Crippen LogP) is 1.30. The molecule has 2 saturated heterocycles. The van der Waals surface area contributed by atoms with E-state index < -0.39 is 0 Å². The fourth-order valence-corrected chi connectivity index (χ4v) is 3.70. The van der Waals surface area contributed by atoms with E-state index in [0.29, 0.717) is 6.10 Å². The lowest BCUT2D eigenvalue weighted by Crippen LogP contribution is -2.57. The number of likely N-dealkylation sites (tertiary alicyclic amines) is 2. The van der Waals surface area contributed by atoms with Crippen LogP contribution < -0.4 is 5.73 Å². The maximum atomic E-state index is 6.19. The van der Waals surface area contributed by atoms with Gasteiger partial charge in [-0.05, 0) is 59.2 Å². The zero-order valence-electron chi connectivity index (χ0n) is 12.7. The summed E-state index contributed by atoms with van der Waals surface area (Å²) in [7, 11) is 2.23. The third kappa shape index (κ3) is 3.69. The minimum absolute atomic E-state index is 0.252. The Morgan fingerprint density at radius 2 is 1.89 bits per heavy atom. The molecule has 112 valence electrons. The highest BCUT2D eigenvalue weighted by atomic mass is 16.5. The van der Waals surface area contributed by atoms with Crippen LogP contribution in [0.3, 0.4) is 0 Å². The summed E-state index contributed by atoms with van der Waals surface area (Å²) in [6.45, 7) is 8.46. The molecule has 2 heterocycles. The number of piperidine rings is 1. The second-order valence-corrected chi connectivity index (χ2v) is 6.23. The lowest BCUT2D eigenvalue weighted by molar-refractivity contribution is -0.0221. The molecule has 2 rings (SSSR count). The van der Waals surface area contributed by atoms with Gasteiger partial charge in [0.1, 0.15) is 0 Å². The van der Waals surface area contributed by atoms with Crippen molar-refractivity contribution in [2.75, 3.05) is 46.4 Å². The van der Waals surface area contributed by atoms with Crippen molar-refractivity contribution in [2.24, 2.45) is 5.73 Å². The largest absolute Gasteiger partial charge is 0.378 e. The molecule has 19 heavy (non-hydrogen) atoms. The van der Waals surface area contributed by atoms with Crippen molar-refractivity contribution in [3.05, 3.63) is 0 Å². The van der Waals surface area contributed by atoms with Gasteiger partial charge in [0.15, 0.2) is 0 Å². The molecule has 0 amide bonds. The summed E-state index contributed by atoms with van der Waals surface area (Å²) in [5.74, 6) is 0. The standard InChI is InChI=1S/C15H31N3O/c1-3-19-14-5-10-18(11-6-14)15(13-16)7-4-9-17(2)12-8-15/h14H,3-13,16H2,1-2H3. The second-order valence-electron chi connectivity index (χ2n) is 6.23. The first kappa shape index (κ1) is 15.2. The van der Waals surface area contributed by atoms with E-state index in [1.165, 1.54) is 45.2 Å². The average Bonchev–Trinajstić information content (AvgIpc) is 2.63. The van der Waals surface area contributed by atoms with Crippen LogP contribution in [0.15, 0.2) is 0 Å². The normalized spacial score (nSPS) is 32.4. The van der Waals surface area contributed by atoms with Gasteiger partial charge in [0, 0.05) is 31.8 Å². The van der Waals surface area contributed by atoms with Crippen LogP contribution in [0.25, 0.3) is 0 Å². The number of nitrogens with two attached hydrogens (primary N) is 1. The maximum absolute atomic E-state index is 6.19. The summed E-state index contributed by atoms with van der Waals surface area (Å²) in [4.78, 5) is 5.12. The second kappa shape index (κ2) is 7.02. The Bertz CT molecular complexity index is 266. The SMILES string of the molecule is CCOC1CCN(C2(CN)CCCN(C)CC2)CC1. The van der Waals surface area contributed by atoms with E-state index in [1.807, 2.05) is 0 Å². The fourth-order valence-electron chi connectivity index (χ4n) is 3.70. The van der Waals surface area contributed by atoms with Crippen molar-refractivity contribution in [1.82, 2.24) is 9.80 Å². The van der Waals surface area contributed by atoms with E-state index in [2.05, 4.69) is 23.8 Å². The molecule has 0 aromatic heterocycles. The molecule has 1 unspecified atom stereocenters. The molecule has 2 aliphatic heterocycles. The Balaban J connectivity index is 1.94. The van der Waals surface area contributed by atoms with Crippen LogP contribution in [-0.2, 0) is 4.74 Å². The zero-order chi connectivity index (χ0) is 13.7. The Morgan fingerprint density at radius 1 is 1.16 bits per heavy atom. The molecule has 2 N–H and O–H groups in total. The van der Waals surface area contributed by atoms with Crippen LogP contribution >= 0.6 is 0 Å². The molecule has 4 nitrogen and oxygen atoms in total. The van der Waals surface area contributed by atoms with Crippen LogP contribution in [-0.4, -0.2) is 67.8 Å². The van der Waals surface area contributed by atoms with E-state index in [9.17, 15) is 0 Å². The highest BCUT2D eigenvalue weighted by molar-refractivity contribution is 4.96. The Morgan fingerprint density at radius 3 is 2.53 bits per heavy atom. The maximum Gasteiger partial charge on any atom is 0.0599 e. The van der Waals surface area contributed by atoms with Gasteiger partial charge >= 0.3 is 0 Å². The third-order valence-electron chi connectivity index (χ3n) is 5.04. The van der Waals surface area contributed by atoms with Crippen LogP contribution in [0, 0.1) is 0 Å². The van der Waals surface area contributed by atoms with E-state index in [4.69, 9.17) is 10.5 Å². The Labute approximate surface area is 118 Å². The minimum atomic E-state index is 0.252. The summed E-state index contributed by atoms with van der Waals surface area (Å²) in [5.41, 5.74) is 6.44. The van der Waals surface area contributed by atoms with Crippen molar-refractivity contribution in [3.63, 3.8) is 0 Å². The van der Waals surface area contributed by atoms with Crippen LogP contribution in [0.5, 0.6) is 0 Å². The van der Waals surface area contributed by atoms with Crippen molar-refractivity contribution in [1.29, 1.82) is 0 Å². The molecule has 0 aromatic rings. The first-order chi connectivity index (χ1) is 9.20. The average molecular weight is 269 g/mol. The first-order valence-corrected chi connectivity index (χ1v) is 7.95. The monoisotopic (exact) mass is 269 g/mol. The molecule has 2 aliphatic rings. The summed E-state index contributed by atoms with van der Waals surface area (Å²) in [5, 5.41) is 0. The van der Waals surface area contributed by atoms with Gasteiger partial charge in [-0.1, -0.05) is 0 Å². The number of nitrogens with zero attached hydrogens (tertiary/aromatic N) is 2. The molecule has 1 atom stereocenters. The van der Waals surface area contributed by atoms with Gasteiger partial charge in [0.2, 0.25) is 0 Å². The first-order valence-electron chi connectivity index (χ1n) is 7.95. The summed E-state index contributed by atoms with van der Waals surface area (Å²) in [6, 6.07) is 0. The molecule has 0 bridgehead atoms. The summed E-state index contributed by atoms with van der Waals surface area (Å²) < 4.78 is 5.76. The smallest absolute Gasteiger partial charge is 0.0599 e. The van der Waals surface area contributed by atoms with Gasteiger partial charge in [-0.2, -0.15) is 0 Å². The number of hydrogen-bond donors (Lipinski definition) is 1. The number of rotatable bonds is 4. The molecular formula is C15H31N3O. The Hall–Kier alpha value is -0.160. The van der Waals surface area contributed by atoms with Crippen LogP contribution in [0.1, 0.15) is 39.0 Å². The molecule has 0 aliphatic carbocycles. The van der Waals surface area contributed by atoms with Crippen molar-refractivity contribution in [3.8, 4) is 0 Å². The van der Waals surface area contributed by atoms with E-state index in [-0.39, 0.29) is 5.54 Å². The minimum Gasteiger partial charge on any atom is -0.378 e. The summed E-state index contributed by atoms with van der Waals surface area (Å²) >= 11 is 0. The van der Waals surface area contributed by atoms with Gasteiger partial charge < -0.3 is 15.4 Å². The lowest BCUT2D eigenvalue weighted by Gasteiger charge is -2.46. The van der Waals surface area contributed by atoms with Crippen LogP contribution in [0.4, 0.5) is 0 Å². The van der Waals surface area contributed by atoms with Crippen molar-refractivity contribution >= 4 is 0 Å². The fraction of sp³-hybridized carbons (Fsp3) is 1.00. The topological polar surface area (TPSA) is 41.7 Å². The quantitative estimate of drug-likeness (QED) is 0.835. The number of ether oxygens (including phenoxy) is 1. The van der Waals surface area contributed by atoms with Gasteiger partial charge in [-0.3, -0.25) is 4.90 Å². The van der Waals surface area contributed by atoms with E-state index in [1.54, 1.807) is 0 Å². The third-order valence-corrected chi connectivity index (χ3v) is 5.04. The molecule has 0 aromatic carbocycles. The molecule has 0 spiro atoms. The molecule has 0 radical (unpaired) electrons. The zero-order valence-corrected chi connectivity index (χ0v) is 12.7. The van der Waals surface area contributed by atoms with Gasteiger partial charge in [0.05, 0.1) is 6.10 Å². The van der Waals surface area contributed by atoms with Gasteiger partial charge in [-0.15, -0.1) is 0 Å². The predicted molar refractivity (Wildman–Crippen MR) is 79.4 cm³/mol. The highest BCUT2D eigenvalue weighted by Crippen LogP contribution is 2.31. The Kier molecular flexibility index (Phi) is 5.63. The van der Waals surface area contributed by atoms with E-state index in [0.717, 1.165) is 26.2 Å². The molecule has 4 heteroatoms. The van der Waals surface area contributed by atoms with E-state index >= 15 is 0 Å². The van der Waals surface area contributed by atoms with Crippen molar-refractivity contribution in [2.45, 2.75) is 50.7 Å². The summed E-state index contributed by atoms with van der Waals surface area (Å²) in [6.07, 6.45) is 6.58.